The molecule has 32 heavy (non-hydrogen) atoms. The molecule has 0 bridgehead atoms. The number of hydrogen-bond acceptors (Lipinski definition) is 5. The van der Waals surface area contributed by atoms with Crippen LogP contribution in [0.2, 0.25) is 0 Å². The molecule has 3 aromatic heterocycles. The van der Waals surface area contributed by atoms with E-state index < -0.39 is 0 Å². The van der Waals surface area contributed by atoms with E-state index in [1.807, 2.05) is 43.3 Å². The third-order valence-electron chi connectivity index (χ3n) is 5.48. The number of nitrogens with one attached hydrogen (secondary N) is 1. The summed E-state index contributed by atoms with van der Waals surface area (Å²) in [6, 6.07) is 16.3. The molecule has 0 radical (unpaired) electrons. The van der Waals surface area contributed by atoms with Crippen molar-refractivity contribution in [3.63, 3.8) is 0 Å². The van der Waals surface area contributed by atoms with Gasteiger partial charge in [-0.15, -0.1) is 0 Å². The molecule has 0 aliphatic carbocycles. The van der Waals surface area contributed by atoms with Crippen molar-refractivity contribution in [1.29, 1.82) is 0 Å². The van der Waals surface area contributed by atoms with Crippen LogP contribution in [0.5, 0.6) is 0 Å². The number of nitrogen functional groups attached to an aromatic ring is 1. The van der Waals surface area contributed by atoms with Gasteiger partial charge >= 0.3 is 0 Å². The minimum absolute atomic E-state index is 0.225. The molecule has 0 fully saturated rings. The second-order valence-electron chi connectivity index (χ2n) is 7.63. The second kappa shape index (κ2) is 9.15. The van der Waals surface area contributed by atoms with E-state index in [-0.39, 0.29) is 28.9 Å². The lowest BCUT2D eigenvalue weighted by atomic mass is 10.1. The average molecular weight is 433 g/mol. The number of anilines is 1. The van der Waals surface area contributed by atoms with E-state index in [0.29, 0.717) is 36.3 Å². The van der Waals surface area contributed by atoms with Gasteiger partial charge in [-0.05, 0) is 30.7 Å². The van der Waals surface area contributed by atoms with Gasteiger partial charge in [0.15, 0.2) is 0 Å². The number of rotatable bonds is 7. The molecule has 1 amide bonds. The molecule has 0 aliphatic heterocycles. The molecular weight excluding hydrogens is 406 g/mol. The molecular formula is C24H26N5O3+. The second-order valence-corrected chi connectivity index (χ2v) is 7.63. The number of hydrogen-bond donors (Lipinski definition) is 2. The molecule has 0 spiro atoms. The van der Waals surface area contributed by atoms with Crippen LogP contribution in [0.3, 0.4) is 0 Å². The van der Waals surface area contributed by atoms with E-state index in [0.717, 1.165) is 5.56 Å². The molecule has 8 heteroatoms. The molecule has 1 aromatic carbocycles. The summed E-state index contributed by atoms with van der Waals surface area (Å²) in [5.74, 6) is -0.0858. The van der Waals surface area contributed by atoms with E-state index in [1.54, 1.807) is 36.1 Å². The Balaban J connectivity index is 1.84. The first kappa shape index (κ1) is 21.5. The maximum Gasteiger partial charge on any atom is 0.278 e. The van der Waals surface area contributed by atoms with Gasteiger partial charge in [0.05, 0.1) is 12.6 Å². The van der Waals surface area contributed by atoms with Crippen molar-refractivity contribution >= 4 is 28.4 Å². The minimum atomic E-state index is -0.348. The highest BCUT2D eigenvalue weighted by Gasteiger charge is 2.25. The lowest BCUT2D eigenvalue weighted by molar-refractivity contribution is -0.659. The number of amides is 1. The van der Waals surface area contributed by atoms with Crippen molar-refractivity contribution in [2.24, 2.45) is 0 Å². The van der Waals surface area contributed by atoms with Crippen LogP contribution in [0.15, 0.2) is 65.6 Å². The van der Waals surface area contributed by atoms with E-state index in [9.17, 15) is 9.59 Å². The molecule has 3 N–H and O–H groups in total. The predicted molar refractivity (Wildman–Crippen MR) is 122 cm³/mol. The minimum Gasteiger partial charge on any atom is -0.385 e. The smallest absolute Gasteiger partial charge is 0.278 e. The Morgan fingerprint density at radius 1 is 1.22 bits per heavy atom. The normalized spacial score (nSPS) is 12.2. The number of nitrogens with zero attached hydrogens (tertiary/aromatic N) is 3. The largest absolute Gasteiger partial charge is 0.385 e. The van der Waals surface area contributed by atoms with Gasteiger partial charge in [0.2, 0.25) is 11.5 Å². The van der Waals surface area contributed by atoms with Crippen LogP contribution >= 0.6 is 0 Å². The molecule has 4 aromatic rings. The quantitative estimate of drug-likeness (QED) is 0.265. The van der Waals surface area contributed by atoms with Crippen molar-refractivity contribution in [3.8, 4) is 0 Å². The third kappa shape index (κ3) is 4.04. The van der Waals surface area contributed by atoms with Crippen molar-refractivity contribution in [1.82, 2.24) is 14.7 Å². The first-order valence-corrected chi connectivity index (χ1v) is 10.5. The lowest BCUT2D eigenvalue weighted by Crippen LogP contribution is -2.43. The maximum absolute atomic E-state index is 13.2. The van der Waals surface area contributed by atoms with E-state index in [1.165, 1.54) is 4.40 Å². The van der Waals surface area contributed by atoms with Gasteiger partial charge in [0.25, 0.3) is 17.1 Å². The van der Waals surface area contributed by atoms with Gasteiger partial charge in [0, 0.05) is 26.3 Å². The number of pyridine rings is 2. The summed E-state index contributed by atoms with van der Waals surface area (Å²) < 4.78 is 8.36. The number of methoxy groups -OCH3 is 1. The predicted octanol–water partition coefficient (Wildman–Crippen LogP) is 2.24. The Kier molecular flexibility index (Phi) is 6.13. The zero-order chi connectivity index (χ0) is 22.7. The number of carbonyl (C=O) groups excluding carboxylic acids is 1. The number of ether oxygens (including phenoxy) is 1. The van der Waals surface area contributed by atoms with Crippen LogP contribution in [0, 0.1) is 0 Å². The lowest BCUT2D eigenvalue weighted by Gasteiger charge is -2.16. The molecule has 0 saturated heterocycles. The molecule has 0 aliphatic rings. The summed E-state index contributed by atoms with van der Waals surface area (Å²) >= 11 is 0. The molecule has 0 unspecified atom stereocenters. The summed E-state index contributed by atoms with van der Waals surface area (Å²) in [6.45, 7) is 2.88. The number of fused-ring (bicyclic) bond motifs is 2. The van der Waals surface area contributed by atoms with E-state index in [4.69, 9.17) is 10.5 Å². The van der Waals surface area contributed by atoms with Gasteiger partial charge in [-0.1, -0.05) is 41.4 Å². The van der Waals surface area contributed by atoms with Gasteiger partial charge < -0.3 is 15.8 Å². The first-order chi connectivity index (χ1) is 15.5. The van der Waals surface area contributed by atoms with Gasteiger partial charge in [-0.3, -0.25) is 14.0 Å². The average Bonchev–Trinajstić information content (AvgIpc) is 2.81. The van der Waals surface area contributed by atoms with E-state index in [2.05, 4.69) is 10.3 Å². The highest BCUT2D eigenvalue weighted by atomic mass is 16.5. The van der Waals surface area contributed by atoms with Crippen LogP contribution in [0.25, 0.3) is 16.7 Å². The van der Waals surface area contributed by atoms with Crippen molar-refractivity contribution in [2.45, 2.75) is 25.9 Å². The number of benzene rings is 1. The fourth-order valence-corrected chi connectivity index (χ4v) is 3.78. The highest BCUT2D eigenvalue weighted by molar-refractivity contribution is 6.00. The molecule has 4 rings (SSSR count). The van der Waals surface area contributed by atoms with Gasteiger partial charge in [0.1, 0.15) is 10.9 Å². The topological polar surface area (TPSA) is 103 Å². The summed E-state index contributed by atoms with van der Waals surface area (Å²) in [7, 11) is 1.62. The number of aryl methyl sites for hydroxylation is 1. The number of carbonyl (C=O) groups is 1. The van der Waals surface area contributed by atoms with E-state index >= 15 is 0 Å². The van der Waals surface area contributed by atoms with Crippen LogP contribution in [0.1, 0.15) is 35.3 Å². The van der Waals surface area contributed by atoms with Crippen LogP contribution in [-0.4, -0.2) is 29.0 Å². The highest BCUT2D eigenvalue weighted by Crippen LogP contribution is 2.17. The molecule has 0 saturated carbocycles. The molecule has 1 atom stereocenters. The Morgan fingerprint density at radius 2 is 1.97 bits per heavy atom. The Hall–Kier alpha value is -3.78. The number of aromatic nitrogens is 3. The summed E-state index contributed by atoms with van der Waals surface area (Å²) in [5.41, 5.74) is 8.38. The van der Waals surface area contributed by atoms with Crippen molar-refractivity contribution in [3.05, 3.63) is 82.3 Å². The van der Waals surface area contributed by atoms with Crippen molar-refractivity contribution in [2.75, 3.05) is 19.5 Å². The molecule has 3 heterocycles. The summed E-state index contributed by atoms with van der Waals surface area (Å²) in [5, 5.41) is 3.31. The monoisotopic (exact) mass is 432 g/mol. The fraction of sp³-hybridized carbons (Fsp3) is 0.250. The Morgan fingerprint density at radius 3 is 2.72 bits per heavy atom. The van der Waals surface area contributed by atoms with Gasteiger partial charge in [-0.25, -0.2) is 4.57 Å². The van der Waals surface area contributed by atoms with Crippen LogP contribution < -0.4 is 21.2 Å². The fourth-order valence-electron chi connectivity index (χ4n) is 3.78. The summed E-state index contributed by atoms with van der Waals surface area (Å²) in [6.07, 6.45) is 2.31. The maximum atomic E-state index is 13.2. The standard InChI is InChI=1S/C24H25N5O3/c1-16(17-9-4-3-5-10-17)26-23(30)18-15-19-22(29(21(18)25)13-8-14-32-2)27-20-11-6-7-12-28(20)24(19)31/h3-7,9-12,15-16,25H,8,13-14H2,1-2H3,(H,26,30)/p+1/t16-/m1/s1. The molecule has 164 valence electrons. The molecule has 8 nitrogen and oxygen atoms in total. The zero-order valence-corrected chi connectivity index (χ0v) is 18.1. The summed E-state index contributed by atoms with van der Waals surface area (Å²) in [4.78, 5) is 31.1. The van der Waals surface area contributed by atoms with Crippen molar-refractivity contribution < 1.29 is 14.1 Å². The van der Waals surface area contributed by atoms with Gasteiger partial charge in [-0.2, -0.15) is 0 Å². The SMILES string of the molecule is COCCC[n+]1c(N)c(C(=O)N[C@H](C)c2ccccc2)cc2c(=O)n3ccccc3nc21. The third-order valence-corrected chi connectivity index (χ3v) is 5.48. The zero-order valence-electron chi connectivity index (χ0n) is 18.1. The van der Waals surface area contributed by atoms with Crippen LogP contribution in [-0.2, 0) is 11.3 Å². The Labute approximate surface area is 185 Å². The van der Waals surface area contributed by atoms with Crippen LogP contribution in [0.4, 0.5) is 5.82 Å². The number of nitrogens with two attached hydrogens (primary N) is 1. The Bertz CT molecular complexity index is 1330. The first-order valence-electron chi connectivity index (χ1n) is 10.5.